The van der Waals surface area contributed by atoms with Gasteiger partial charge in [0.15, 0.2) is 11.2 Å². The molecule has 6 rings (SSSR count). The molecule has 0 saturated carbocycles. The first-order valence-corrected chi connectivity index (χ1v) is 11.4. The van der Waals surface area contributed by atoms with Crippen molar-refractivity contribution in [3.63, 3.8) is 0 Å². The molecule has 3 aromatic rings. The molecule has 1 fully saturated rings. The highest BCUT2D eigenvalue weighted by molar-refractivity contribution is 6.14. The molecule has 176 valence electrons. The van der Waals surface area contributed by atoms with E-state index >= 15 is 0 Å². The Balaban J connectivity index is 1.59. The third-order valence-electron chi connectivity index (χ3n) is 6.99. The zero-order chi connectivity index (χ0) is 24.2. The number of ether oxygens (including phenoxy) is 2. The van der Waals surface area contributed by atoms with Crippen molar-refractivity contribution in [3.8, 4) is 11.8 Å². The number of amides is 1. The van der Waals surface area contributed by atoms with Crippen molar-refractivity contribution in [1.29, 1.82) is 5.26 Å². The first-order valence-electron chi connectivity index (χ1n) is 11.4. The van der Waals surface area contributed by atoms with Gasteiger partial charge in [-0.1, -0.05) is 30.3 Å². The maximum atomic E-state index is 14.4. The van der Waals surface area contributed by atoms with Gasteiger partial charge in [0.25, 0.3) is 0 Å². The van der Waals surface area contributed by atoms with E-state index in [2.05, 4.69) is 11.0 Å². The summed E-state index contributed by atoms with van der Waals surface area (Å²) in [6, 6.07) is 16.2. The van der Waals surface area contributed by atoms with Crippen molar-refractivity contribution in [2.75, 3.05) is 44.3 Å². The van der Waals surface area contributed by atoms with Crippen LogP contribution in [0.1, 0.15) is 11.1 Å². The molecule has 1 atom stereocenters. The van der Waals surface area contributed by atoms with Crippen LogP contribution in [0, 0.1) is 11.3 Å². The van der Waals surface area contributed by atoms with Crippen LogP contribution in [-0.4, -0.2) is 50.2 Å². The summed E-state index contributed by atoms with van der Waals surface area (Å²) in [6.45, 7) is 3.84. The molecule has 0 bridgehead atoms. The lowest BCUT2D eigenvalue weighted by atomic mass is 9.69. The van der Waals surface area contributed by atoms with Crippen LogP contribution in [0.2, 0.25) is 0 Å². The lowest BCUT2D eigenvalue weighted by molar-refractivity contribution is -0.121. The number of hydrogen-bond acceptors (Lipinski definition) is 8. The molecule has 3 aliphatic rings. The average Bonchev–Trinajstić information content (AvgIpc) is 3.11. The van der Waals surface area contributed by atoms with Gasteiger partial charge in [-0.3, -0.25) is 9.69 Å². The Labute approximate surface area is 200 Å². The molecular weight excluding hydrogens is 448 g/mol. The van der Waals surface area contributed by atoms with E-state index in [9.17, 15) is 14.9 Å². The SMILES string of the molecule is N#CC1=C(N)Oc2c(c(=O)oc3ccccc23)C12C(=O)N(CCN1CCOCC1)c1ccccc12. The molecule has 0 radical (unpaired) electrons. The molecule has 9 nitrogen and oxygen atoms in total. The van der Waals surface area contributed by atoms with Crippen LogP contribution in [0.3, 0.4) is 0 Å². The standard InChI is InChI=1S/C26H22N4O5/c27-15-18-23(28)35-22-16-5-1-4-8-20(16)34-24(31)21(22)26(18)17-6-2-3-7-19(17)30(25(26)32)10-9-29-11-13-33-14-12-29/h1-8H,9-14,28H2. The van der Waals surface area contributed by atoms with Gasteiger partial charge >= 0.3 is 5.63 Å². The second-order valence-electron chi connectivity index (χ2n) is 8.72. The summed E-state index contributed by atoms with van der Waals surface area (Å²) in [4.78, 5) is 31.7. The first-order chi connectivity index (χ1) is 17.1. The van der Waals surface area contributed by atoms with Crippen LogP contribution >= 0.6 is 0 Å². The van der Waals surface area contributed by atoms with Crippen LogP contribution in [0.15, 0.2) is 69.2 Å². The maximum Gasteiger partial charge on any atom is 0.345 e. The quantitative estimate of drug-likeness (QED) is 0.576. The van der Waals surface area contributed by atoms with E-state index in [1.165, 1.54) is 0 Å². The number of morpholine rings is 1. The van der Waals surface area contributed by atoms with Crippen LogP contribution in [0.4, 0.5) is 5.69 Å². The fourth-order valence-corrected chi connectivity index (χ4v) is 5.39. The zero-order valence-corrected chi connectivity index (χ0v) is 18.8. The number of nitrogens with two attached hydrogens (primary N) is 1. The van der Waals surface area contributed by atoms with Crippen molar-refractivity contribution in [3.05, 3.63) is 81.5 Å². The second kappa shape index (κ2) is 7.98. The van der Waals surface area contributed by atoms with Gasteiger partial charge in [-0.05, 0) is 18.2 Å². The summed E-state index contributed by atoms with van der Waals surface area (Å²) in [6.07, 6.45) is 0. The second-order valence-corrected chi connectivity index (χ2v) is 8.72. The molecule has 2 N–H and O–H groups in total. The summed E-state index contributed by atoms with van der Waals surface area (Å²) < 4.78 is 16.9. The van der Waals surface area contributed by atoms with Crippen LogP contribution in [0.5, 0.6) is 5.75 Å². The number of carbonyl (C=O) groups excluding carboxylic acids is 1. The topological polar surface area (TPSA) is 122 Å². The number of anilines is 1. The lowest BCUT2D eigenvalue weighted by Crippen LogP contribution is -2.50. The van der Waals surface area contributed by atoms with Gasteiger partial charge in [-0.25, -0.2) is 4.79 Å². The molecule has 0 aliphatic carbocycles. The molecule has 1 unspecified atom stereocenters. The number of nitrogens with zero attached hydrogens (tertiary/aromatic N) is 3. The minimum Gasteiger partial charge on any atom is -0.439 e. The number of nitriles is 1. The molecule has 35 heavy (non-hydrogen) atoms. The number of fused-ring (bicyclic) bond motifs is 6. The largest absolute Gasteiger partial charge is 0.439 e. The summed E-state index contributed by atoms with van der Waals surface area (Å²) in [5.74, 6) is -0.473. The smallest absolute Gasteiger partial charge is 0.345 e. The summed E-state index contributed by atoms with van der Waals surface area (Å²) >= 11 is 0. The fraction of sp³-hybridized carbons (Fsp3) is 0.269. The summed E-state index contributed by atoms with van der Waals surface area (Å²) in [5, 5.41) is 10.7. The van der Waals surface area contributed by atoms with Gasteiger partial charge in [0.2, 0.25) is 11.8 Å². The van der Waals surface area contributed by atoms with Crippen molar-refractivity contribution >= 4 is 22.6 Å². The van der Waals surface area contributed by atoms with Gasteiger partial charge in [-0.2, -0.15) is 5.26 Å². The van der Waals surface area contributed by atoms with Gasteiger partial charge in [0.1, 0.15) is 22.8 Å². The number of benzene rings is 2. The molecular formula is C26H22N4O5. The Morgan fingerprint density at radius 2 is 1.77 bits per heavy atom. The Morgan fingerprint density at radius 1 is 1.03 bits per heavy atom. The van der Waals surface area contributed by atoms with E-state index in [-0.39, 0.29) is 22.8 Å². The Bertz CT molecular complexity index is 1500. The number of rotatable bonds is 3. The average molecular weight is 470 g/mol. The van der Waals surface area contributed by atoms with Crippen molar-refractivity contribution in [2.24, 2.45) is 5.73 Å². The van der Waals surface area contributed by atoms with Crippen LogP contribution in [-0.2, 0) is 14.9 Å². The molecule has 4 heterocycles. The van der Waals surface area contributed by atoms with Gasteiger partial charge in [-0.15, -0.1) is 0 Å². The summed E-state index contributed by atoms with van der Waals surface area (Å²) in [5.41, 5.74) is 5.09. The van der Waals surface area contributed by atoms with Gasteiger partial charge in [0, 0.05) is 37.4 Å². The van der Waals surface area contributed by atoms with E-state index in [0.717, 1.165) is 13.1 Å². The van der Waals surface area contributed by atoms with Gasteiger partial charge in [0.05, 0.1) is 18.6 Å². The molecule has 1 spiro atoms. The Morgan fingerprint density at radius 3 is 2.57 bits per heavy atom. The zero-order valence-electron chi connectivity index (χ0n) is 18.8. The highest BCUT2D eigenvalue weighted by atomic mass is 16.5. The normalized spacial score (nSPS) is 21.7. The third kappa shape index (κ3) is 2.94. The third-order valence-corrected chi connectivity index (χ3v) is 6.99. The van der Waals surface area contributed by atoms with Crippen molar-refractivity contribution in [2.45, 2.75) is 5.41 Å². The maximum absolute atomic E-state index is 14.4. The monoisotopic (exact) mass is 470 g/mol. The minimum absolute atomic E-state index is 0.0201. The van der Waals surface area contributed by atoms with Crippen LogP contribution in [0.25, 0.3) is 11.0 Å². The first kappa shape index (κ1) is 21.4. The van der Waals surface area contributed by atoms with E-state index < -0.39 is 16.9 Å². The van der Waals surface area contributed by atoms with E-state index in [4.69, 9.17) is 19.6 Å². The minimum atomic E-state index is -1.75. The molecule has 1 aromatic heterocycles. The predicted octanol–water partition coefficient (Wildman–Crippen LogP) is 1.84. The highest BCUT2D eigenvalue weighted by Gasteiger charge is 2.61. The molecule has 3 aliphatic heterocycles. The van der Waals surface area contributed by atoms with Crippen molar-refractivity contribution < 1.29 is 18.7 Å². The van der Waals surface area contributed by atoms with Crippen molar-refractivity contribution in [1.82, 2.24) is 4.90 Å². The van der Waals surface area contributed by atoms with Crippen LogP contribution < -0.4 is 21.0 Å². The Hall–Kier alpha value is -4.13. The summed E-state index contributed by atoms with van der Waals surface area (Å²) in [7, 11) is 0. The number of para-hydroxylation sites is 2. The van der Waals surface area contributed by atoms with Gasteiger partial charge < -0.3 is 24.5 Å². The van der Waals surface area contributed by atoms with E-state index in [0.29, 0.717) is 48.5 Å². The highest BCUT2D eigenvalue weighted by Crippen LogP contribution is 2.55. The molecule has 9 heteroatoms. The van der Waals surface area contributed by atoms with E-state index in [1.54, 1.807) is 41.3 Å². The molecule has 2 aromatic carbocycles. The predicted molar refractivity (Wildman–Crippen MR) is 127 cm³/mol. The fourth-order valence-electron chi connectivity index (χ4n) is 5.39. The number of hydrogen-bond donors (Lipinski definition) is 1. The lowest BCUT2D eigenvalue weighted by Gasteiger charge is -2.34. The Kier molecular flexibility index (Phi) is 4.88. The molecule has 1 amide bonds. The molecule has 1 saturated heterocycles. The van der Waals surface area contributed by atoms with E-state index in [1.807, 2.05) is 12.1 Å². The number of carbonyl (C=O) groups is 1.